The molecular formula is C46H95NO4. The van der Waals surface area contributed by atoms with Crippen molar-refractivity contribution < 1.29 is 19.8 Å². The molecular weight excluding hydrogens is 631 g/mol. The molecule has 0 aliphatic carbocycles. The van der Waals surface area contributed by atoms with Gasteiger partial charge < -0.3 is 15.1 Å². The van der Waals surface area contributed by atoms with Gasteiger partial charge in [-0.1, -0.05) is 234 Å². The van der Waals surface area contributed by atoms with E-state index in [4.69, 9.17) is 19.8 Å². The van der Waals surface area contributed by atoms with Gasteiger partial charge in [0.2, 0.25) is 0 Å². The molecule has 0 fully saturated rings. The van der Waals surface area contributed by atoms with Crippen LogP contribution in [-0.4, -0.2) is 47.7 Å². The van der Waals surface area contributed by atoms with Crippen molar-refractivity contribution in [2.24, 2.45) is 11.8 Å². The Hall–Kier alpha value is -1.10. The second-order valence-electron chi connectivity index (χ2n) is 15.6. The van der Waals surface area contributed by atoms with Gasteiger partial charge >= 0.3 is 0 Å². The maximum absolute atomic E-state index is 8.36. The zero-order chi connectivity index (χ0) is 38.3. The third-order valence-corrected chi connectivity index (χ3v) is 10.8. The monoisotopic (exact) mass is 726 g/mol. The average molecular weight is 726 g/mol. The van der Waals surface area contributed by atoms with Gasteiger partial charge in [-0.2, -0.15) is 0 Å². The fourth-order valence-corrected chi connectivity index (χ4v) is 7.70. The predicted molar refractivity (Wildman–Crippen MR) is 226 cm³/mol. The fraction of sp³-hybridized carbons (Fsp3) is 0.957. The number of unbranched alkanes of at least 4 members (excludes halogenated alkanes) is 21. The molecule has 0 bridgehead atoms. The molecule has 0 radical (unpaired) electrons. The van der Waals surface area contributed by atoms with Gasteiger partial charge in [-0.15, -0.1) is 0 Å². The van der Waals surface area contributed by atoms with E-state index < -0.39 is 0 Å². The second kappa shape index (κ2) is 51.0. The van der Waals surface area contributed by atoms with Gasteiger partial charge in [-0.05, 0) is 50.7 Å². The normalized spacial score (nSPS) is 12.1. The Kier molecular flexibility index (Phi) is 54.3. The Balaban J connectivity index is -0.00000356. The van der Waals surface area contributed by atoms with Gasteiger partial charge in [-0.25, -0.2) is 0 Å². The molecule has 5 heteroatoms. The Morgan fingerprint density at radius 1 is 0.333 bits per heavy atom. The van der Waals surface area contributed by atoms with Crippen LogP contribution in [0.25, 0.3) is 0 Å². The molecule has 0 rings (SSSR count). The van der Waals surface area contributed by atoms with Crippen LogP contribution in [0.2, 0.25) is 0 Å². The number of rotatable bonds is 39. The van der Waals surface area contributed by atoms with E-state index in [0.717, 1.165) is 11.8 Å². The topological polar surface area (TPSA) is 77.8 Å². The van der Waals surface area contributed by atoms with Crippen molar-refractivity contribution in [3.05, 3.63) is 0 Å². The molecule has 2 atom stereocenters. The van der Waals surface area contributed by atoms with Crippen molar-refractivity contribution in [3.8, 4) is 0 Å². The molecule has 0 aromatic rings. The van der Waals surface area contributed by atoms with Gasteiger partial charge in [0.15, 0.2) is 0 Å². The van der Waals surface area contributed by atoms with E-state index in [1.54, 1.807) is 0 Å². The SMILES string of the molecule is CCCCCCCCC(CCC)CCCCCCCN(CCCC)CCCCCCCC(CCCCCC)CCCCCCC.O=CO.O=CO. The van der Waals surface area contributed by atoms with Crippen molar-refractivity contribution in [1.82, 2.24) is 4.90 Å². The van der Waals surface area contributed by atoms with Crippen LogP contribution < -0.4 is 0 Å². The number of carbonyl (C=O) groups is 2. The minimum Gasteiger partial charge on any atom is -0.483 e. The molecule has 0 amide bonds. The summed E-state index contributed by atoms with van der Waals surface area (Å²) < 4.78 is 0. The molecule has 0 aromatic carbocycles. The van der Waals surface area contributed by atoms with E-state index in [1.165, 1.54) is 238 Å². The highest BCUT2D eigenvalue weighted by atomic mass is 16.3. The van der Waals surface area contributed by atoms with Crippen LogP contribution in [0, 0.1) is 11.8 Å². The first-order chi connectivity index (χ1) is 25.0. The van der Waals surface area contributed by atoms with E-state index in [1.807, 2.05) is 0 Å². The average Bonchev–Trinajstić information content (AvgIpc) is 3.12. The van der Waals surface area contributed by atoms with Crippen molar-refractivity contribution in [3.63, 3.8) is 0 Å². The van der Waals surface area contributed by atoms with Gasteiger partial charge in [-0.3, -0.25) is 9.59 Å². The highest BCUT2D eigenvalue weighted by molar-refractivity contribution is 5.33. The van der Waals surface area contributed by atoms with Crippen LogP contribution in [0.3, 0.4) is 0 Å². The van der Waals surface area contributed by atoms with E-state index in [2.05, 4.69) is 39.5 Å². The van der Waals surface area contributed by atoms with E-state index in [0.29, 0.717) is 0 Å². The third-order valence-electron chi connectivity index (χ3n) is 10.8. The zero-order valence-electron chi connectivity index (χ0n) is 35.6. The molecule has 2 unspecified atom stereocenters. The minimum atomic E-state index is -0.250. The molecule has 308 valence electrons. The van der Waals surface area contributed by atoms with Gasteiger partial charge in [0, 0.05) is 0 Å². The largest absolute Gasteiger partial charge is 0.483 e. The molecule has 0 saturated carbocycles. The van der Waals surface area contributed by atoms with E-state index in [-0.39, 0.29) is 12.9 Å². The molecule has 0 saturated heterocycles. The van der Waals surface area contributed by atoms with Crippen LogP contribution in [0.5, 0.6) is 0 Å². The van der Waals surface area contributed by atoms with Crippen molar-refractivity contribution >= 4 is 12.9 Å². The lowest BCUT2D eigenvalue weighted by Crippen LogP contribution is -2.27. The van der Waals surface area contributed by atoms with Crippen LogP contribution >= 0.6 is 0 Å². The van der Waals surface area contributed by atoms with Crippen molar-refractivity contribution in [1.29, 1.82) is 0 Å². The summed E-state index contributed by atoms with van der Waals surface area (Å²) in [6, 6.07) is 0. The lowest BCUT2D eigenvalue weighted by atomic mass is 9.89. The highest BCUT2D eigenvalue weighted by Gasteiger charge is 2.10. The summed E-state index contributed by atoms with van der Waals surface area (Å²) in [4.78, 5) is 19.5. The Morgan fingerprint density at radius 3 is 0.882 bits per heavy atom. The van der Waals surface area contributed by atoms with E-state index in [9.17, 15) is 0 Å². The van der Waals surface area contributed by atoms with Crippen LogP contribution in [-0.2, 0) is 9.59 Å². The standard InChI is InChI=1S/C44H91N.2CH2O2/c1-6-11-15-18-22-29-35-43(34-10-5)36-30-23-19-25-32-41-45(40-14-9-4)42-33-26-20-24-31-39-44(37-27-17-13-8-3)38-28-21-16-12-7-2;2*2-1-3/h43-44H,6-42H2,1-5H3;2*1H,(H,2,3). The summed E-state index contributed by atoms with van der Waals surface area (Å²) in [5, 5.41) is 13.8. The lowest BCUT2D eigenvalue weighted by Gasteiger charge is -2.22. The number of hydrogen-bond donors (Lipinski definition) is 2. The molecule has 2 N–H and O–H groups in total. The summed E-state index contributed by atoms with van der Waals surface area (Å²) in [6.45, 7) is 15.3. The zero-order valence-corrected chi connectivity index (χ0v) is 35.6. The van der Waals surface area contributed by atoms with Gasteiger partial charge in [0.05, 0.1) is 0 Å². The lowest BCUT2D eigenvalue weighted by molar-refractivity contribution is -0.123. The highest BCUT2D eigenvalue weighted by Crippen LogP contribution is 2.25. The summed E-state index contributed by atoms with van der Waals surface area (Å²) >= 11 is 0. The second-order valence-corrected chi connectivity index (χ2v) is 15.6. The van der Waals surface area contributed by atoms with Crippen molar-refractivity contribution in [2.45, 2.75) is 253 Å². The number of nitrogens with zero attached hydrogens (tertiary/aromatic N) is 1. The minimum absolute atomic E-state index is 0.250. The Bertz CT molecular complexity index is 610. The van der Waals surface area contributed by atoms with Crippen LogP contribution in [0.1, 0.15) is 253 Å². The summed E-state index contributed by atoms with van der Waals surface area (Å²) in [5.41, 5.74) is 0. The molecule has 51 heavy (non-hydrogen) atoms. The van der Waals surface area contributed by atoms with Crippen molar-refractivity contribution in [2.75, 3.05) is 19.6 Å². The molecule has 0 heterocycles. The number of carboxylic acid groups (broad SMARTS) is 2. The smallest absolute Gasteiger partial charge is 0.290 e. The van der Waals surface area contributed by atoms with Gasteiger partial charge in [0.1, 0.15) is 0 Å². The first kappa shape index (κ1) is 54.2. The van der Waals surface area contributed by atoms with Crippen LogP contribution in [0.15, 0.2) is 0 Å². The Morgan fingerprint density at radius 2 is 0.569 bits per heavy atom. The molecule has 5 nitrogen and oxygen atoms in total. The first-order valence-corrected chi connectivity index (χ1v) is 22.9. The Labute approximate surface area is 321 Å². The summed E-state index contributed by atoms with van der Waals surface area (Å²) in [7, 11) is 0. The summed E-state index contributed by atoms with van der Waals surface area (Å²) in [5.74, 6) is 2.04. The number of hydrogen-bond acceptors (Lipinski definition) is 3. The maximum atomic E-state index is 8.36. The molecule has 0 aliphatic rings. The fourth-order valence-electron chi connectivity index (χ4n) is 7.70. The third kappa shape index (κ3) is 48.9. The maximum Gasteiger partial charge on any atom is 0.290 e. The quantitative estimate of drug-likeness (QED) is 0.0487. The molecule has 0 aromatic heterocycles. The summed E-state index contributed by atoms with van der Waals surface area (Å²) in [6.07, 6.45) is 49.5. The van der Waals surface area contributed by atoms with Crippen LogP contribution in [0.4, 0.5) is 0 Å². The van der Waals surface area contributed by atoms with Gasteiger partial charge in [0.25, 0.3) is 12.9 Å². The first-order valence-electron chi connectivity index (χ1n) is 22.9. The predicted octanol–water partition coefficient (Wildman–Crippen LogP) is 15.3. The molecule has 0 spiro atoms. The van der Waals surface area contributed by atoms with E-state index >= 15 is 0 Å². The molecule has 0 aliphatic heterocycles.